The molecule has 180 valence electrons. The molecule has 3 atom stereocenters. The highest BCUT2D eigenvalue weighted by molar-refractivity contribution is 5.92. The molecular formula is C25H26F3N3O3. The van der Waals surface area contributed by atoms with E-state index in [2.05, 4.69) is 15.3 Å². The summed E-state index contributed by atoms with van der Waals surface area (Å²) in [5, 5.41) is 3.93. The van der Waals surface area contributed by atoms with Crippen LogP contribution in [0.3, 0.4) is 0 Å². The van der Waals surface area contributed by atoms with E-state index >= 15 is 4.39 Å². The molecule has 1 aliphatic heterocycles. The molecule has 0 amide bonds. The van der Waals surface area contributed by atoms with Gasteiger partial charge >= 0.3 is 0 Å². The van der Waals surface area contributed by atoms with Gasteiger partial charge in [-0.2, -0.15) is 0 Å². The maximum atomic E-state index is 15.2. The summed E-state index contributed by atoms with van der Waals surface area (Å²) in [6, 6.07) is 7.72. The third-order valence-corrected chi connectivity index (χ3v) is 6.12. The molecule has 6 nitrogen and oxygen atoms in total. The van der Waals surface area contributed by atoms with Crippen molar-refractivity contribution in [2.45, 2.75) is 51.2 Å². The molecule has 34 heavy (non-hydrogen) atoms. The molecule has 3 aromatic rings. The number of fused-ring (bicyclic) bond motifs is 2. The van der Waals surface area contributed by atoms with Gasteiger partial charge in [0.25, 0.3) is 5.92 Å². The van der Waals surface area contributed by atoms with E-state index in [0.717, 1.165) is 0 Å². The minimum Gasteiger partial charge on any atom is -0.487 e. The summed E-state index contributed by atoms with van der Waals surface area (Å²) in [5.41, 5.74) is 1.00. The zero-order valence-corrected chi connectivity index (χ0v) is 19.2. The van der Waals surface area contributed by atoms with Gasteiger partial charge in [-0.1, -0.05) is 18.2 Å². The van der Waals surface area contributed by atoms with Crippen LogP contribution in [-0.4, -0.2) is 41.8 Å². The van der Waals surface area contributed by atoms with Gasteiger partial charge < -0.3 is 19.5 Å². The molecule has 0 bridgehead atoms. The minimum absolute atomic E-state index is 0.0547. The number of rotatable bonds is 4. The smallest absolute Gasteiger partial charge is 0.256 e. The number of nitrogens with one attached hydrogen (secondary N) is 1. The average molecular weight is 473 g/mol. The van der Waals surface area contributed by atoms with Crippen molar-refractivity contribution >= 4 is 16.7 Å². The summed E-state index contributed by atoms with van der Waals surface area (Å²) in [4.78, 5) is 9.06. The molecule has 1 fully saturated rings. The average Bonchev–Trinajstić information content (AvgIpc) is 3.38. The number of alkyl halides is 2. The van der Waals surface area contributed by atoms with Crippen molar-refractivity contribution in [3.8, 4) is 11.5 Å². The van der Waals surface area contributed by atoms with Crippen LogP contribution in [0.25, 0.3) is 10.9 Å². The predicted molar refractivity (Wildman–Crippen MR) is 121 cm³/mol. The van der Waals surface area contributed by atoms with Crippen molar-refractivity contribution in [1.29, 1.82) is 0 Å². The quantitative estimate of drug-likeness (QED) is 0.536. The van der Waals surface area contributed by atoms with E-state index in [1.54, 1.807) is 38.1 Å². The molecule has 1 N–H and O–H groups in total. The fourth-order valence-electron chi connectivity index (χ4n) is 4.28. The van der Waals surface area contributed by atoms with Gasteiger partial charge in [-0.3, -0.25) is 0 Å². The molecule has 0 spiro atoms. The van der Waals surface area contributed by atoms with Crippen LogP contribution in [-0.2, 0) is 4.74 Å². The lowest BCUT2D eigenvalue weighted by molar-refractivity contribution is 0.0546. The molecule has 1 unspecified atom stereocenters. The lowest BCUT2D eigenvalue weighted by atomic mass is 10.0. The Labute approximate surface area is 195 Å². The minimum atomic E-state index is -2.84. The monoisotopic (exact) mass is 473 g/mol. The van der Waals surface area contributed by atoms with Crippen LogP contribution in [0.15, 0.2) is 30.3 Å². The molecule has 1 saturated carbocycles. The zero-order valence-electron chi connectivity index (χ0n) is 19.2. The van der Waals surface area contributed by atoms with Crippen molar-refractivity contribution in [3.63, 3.8) is 0 Å². The standard InChI is InChI=1S/C25H26F3N3O3/c1-13-12-32-7-8-33-21-10-20-18(9-22(21)34-13)24(31-15(3)30-20)29-14(2)16-5-4-6-17(23(16)26)19-11-25(19,27)28/h4-6,9-10,13-14,19H,7-8,11-12H2,1-3H3,(H,29,30,31)/t13-,14+,19?/m0/s1. The number of anilines is 1. The molecule has 1 aromatic heterocycles. The zero-order chi connectivity index (χ0) is 24.0. The van der Waals surface area contributed by atoms with Gasteiger partial charge in [0.05, 0.1) is 30.7 Å². The van der Waals surface area contributed by atoms with E-state index in [0.29, 0.717) is 59.4 Å². The number of benzene rings is 2. The van der Waals surface area contributed by atoms with Crippen molar-refractivity contribution in [2.75, 3.05) is 25.1 Å². The van der Waals surface area contributed by atoms with Crippen LogP contribution < -0.4 is 14.8 Å². The summed E-state index contributed by atoms with van der Waals surface area (Å²) in [7, 11) is 0. The number of halogens is 3. The Balaban J connectivity index is 1.50. The maximum absolute atomic E-state index is 15.2. The number of hydrogen-bond donors (Lipinski definition) is 1. The Kier molecular flexibility index (Phi) is 5.75. The van der Waals surface area contributed by atoms with Gasteiger partial charge in [0.15, 0.2) is 11.5 Å². The van der Waals surface area contributed by atoms with Crippen LogP contribution >= 0.6 is 0 Å². The van der Waals surface area contributed by atoms with Crippen LogP contribution in [0, 0.1) is 12.7 Å². The summed E-state index contributed by atoms with van der Waals surface area (Å²) < 4.78 is 59.7. The number of nitrogens with zero attached hydrogens (tertiary/aromatic N) is 2. The van der Waals surface area contributed by atoms with Crippen LogP contribution in [0.1, 0.15) is 49.2 Å². The molecule has 1 aliphatic carbocycles. The number of hydrogen-bond acceptors (Lipinski definition) is 6. The molecule has 0 radical (unpaired) electrons. The third kappa shape index (κ3) is 4.36. The molecule has 0 saturated heterocycles. The van der Waals surface area contributed by atoms with Crippen molar-refractivity contribution in [3.05, 3.63) is 53.1 Å². The largest absolute Gasteiger partial charge is 0.487 e. The first kappa shape index (κ1) is 22.7. The van der Waals surface area contributed by atoms with Crippen molar-refractivity contribution < 1.29 is 27.4 Å². The Morgan fingerprint density at radius 3 is 2.71 bits per heavy atom. The SMILES string of the molecule is Cc1nc(N[C@H](C)c2cccc(C3CC3(F)F)c2F)c2cc3c(cc2n1)OCCOC[C@H](C)O3. The molecule has 2 aromatic carbocycles. The Morgan fingerprint density at radius 1 is 1.15 bits per heavy atom. The summed E-state index contributed by atoms with van der Waals surface area (Å²) in [6.45, 7) is 6.72. The predicted octanol–water partition coefficient (Wildman–Crippen LogP) is 5.55. The fraction of sp³-hybridized carbons (Fsp3) is 0.440. The molecule has 9 heteroatoms. The van der Waals surface area contributed by atoms with Crippen molar-refractivity contribution in [1.82, 2.24) is 9.97 Å². The van der Waals surface area contributed by atoms with E-state index in [1.165, 1.54) is 6.07 Å². The van der Waals surface area contributed by atoms with Gasteiger partial charge in [0, 0.05) is 23.4 Å². The lowest BCUT2D eigenvalue weighted by Crippen LogP contribution is -2.19. The van der Waals surface area contributed by atoms with Gasteiger partial charge in [-0.05, 0) is 32.4 Å². The van der Waals surface area contributed by atoms with Crippen LogP contribution in [0.4, 0.5) is 19.0 Å². The molecule has 2 heterocycles. The van der Waals surface area contributed by atoms with Gasteiger partial charge in [-0.15, -0.1) is 0 Å². The van der Waals surface area contributed by atoms with Gasteiger partial charge in [0.2, 0.25) is 0 Å². The van der Waals surface area contributed by atoms with Crippen molar-refractivity contribution in [2.24, 2.45) is 0 Å². The first-order valence-corrected chi connectivity index (χ1v) is 11.3. The lowest BCUT2D eigenvalue weighted by Gasteiger charge is -2.20. The highest BCUT2D eigenvalue weighted by atomic mass is 19.3. The second-order valence-electron chi connectivity index (χ2n) is 8.92. The Bertz CT molecular complexity index is 1240. The fourth-order valence-corrected chi connectivity index (χ4v) is 4.28. The first-order chi connectivity index (χ1) is 16.2. The van der Waals surface area contributed by atoms with E-state index in [-0.39, 0.29) is 18.1 Å². The Morgan fingerprint density at radius 2 is 1.94 bits per heavy atom. The number of ether oxygens (including phenoxy) is 3. The molecule has 2 aliphatic rings. The summed E-state index contributed by atoms with van der Waals surface area (Å²) in [6.07, 6.45) is -0.501. The normalized spacial score (nSPS) is 22.4. The molecular weight excluding hydrogens is 447 g/mol. The highest BCUT2D eigenvalue weighted by Gasteiger charge is 2.58. The van der Waals surface area contributed by atoms with Gasteiger partial charge in [-0.25, -0.2) is 23.1 Å². The first-order valence-electron chi connectivity index (χ1n) is 11.3. The Hall–Kier alpha value is -3.07. The summed E-state index contributed by atoms with van der Waals surface area (Å²) in [5.74, 6) is -2.39. The number of aryl methyl sites for hydroxylation is 1. The van der Waals surface area contributed by atoms with Crippen LogP contribution in [0.5, 0.6) is 11.5 Å². The number of aromatic nitrogens is 2. The second kappa shape index (κ2) is 8.61. The second-order valence-corrected chi connectivity index (χ2v) is 8.92. The van der Waals surface area contributed by atoms with Crippen LogP contribution in [0.2, 0.25) is 0 Å². The highest BCUT2D eigenvalue weighted by Crippen LogP contribution is 2.56. The van der Waals surface area contributed by atoms with E-state index < -0.39 is 23.7 Å². The third-order valence-electron chi connectivity index (χ3n) is 6.12. The summed E-state index contributed by atoms with van der Waals surface area (Å²) >= 11 is 0. The van der Waals surface area contributed by atoms with Gasteiger partial charge in [0.1, 0.15) is 30.2 Å². The van der Waals surface area contributed by atoms with E-state index in [9.17, 15) is 8.78 Å². The van der Waals surface area contributed by atoms with E-state index in [4.69, 9.17) is 14.2 Å². The topological polar surface area (TPSA) is 65.5 Å². The molecule has 5 rings (SSSR count). The van der Waals surface area contributed by atoms with E-state index in [1.807, 2.05) is 6.92 Å². The maximum Gasteiger partial charge on any atom is 0.256 e.